The normalized spacial score (nSPS) is 24.7. The molecule has 1 aromatic carbocycles. The lowest BCUT2D eigenvalue weighted by atomic mass is 9.75. The molecule has 1 unspecified atom stereocenters. The summed E-state index contributed by atoms with van der Waals surface area (Å²) in [6.45, 7) is 7.56. The van der Waals surface area contributed by atoms with E-state index in [1.807, 2.05) is 24.3 Å². The third-order valence-corrected chi connectivity index (χ3v) is 7.36. The van der Waals surface area contributed by atoms with Crippen molar-refractivity contribution in [3.63, 3.8) is 0 Å². The summed E-state index contributed by atoms with van der Waals surface area (Å²) in [6.07, 6.45) is 14.1. The van der Waals surface area contributed by atoms with Crippen LogP contribution in [0.3, 0.4) is 0 Å². The standard InChI is InChI=1S/C29H42O4/c1-4-6-7-11-16-25-17-12-19-29(25)21-24(5-2)27(28(30)31-3)26(33-29)18-13-20-32-22-23-14-9-8-10-15-23/h5,8-10,14-15,24-25H,2,4,6-7,11-13,16-22H2,1,3H3/t24?,25-,29+/m0/s1. The highest BCUT2D eigenvalue weighted by Crippen LogP contribution is 2.51. The second-order valence-electron chi connectivity index (χ2n) is 9.62. The van der Waals surface area contributed by atoms with Crippen molar-refractivity contribution in [2.24, 2.45) is 11.8 Å². The molecule has 0 bridgehead atoms. The zero-order chi connectivity index (χ0) is 23.5. The van der Waals surface area contributed by atoms with E-state index in [1.54, 1.807) is 0 Å². The lowest BCUT2D eigenvalue weighted by molar-refractivity contribution is -0.139. The summed E-state index contributed by atoms with van der Waals surface area (Å²) in [4.78, 5) is 12.7. The molecule has 0 N–H and O–H groups in total. The Balaban J connectivity index is 1.67. The first-order valence-corrected chi connectivity index (χ1v) is 12.9. The van der Waals surface area contributed by atoms with E-state index in [0.717, 1.165) is 25.0 Å². The highest BCUT2D eigenvalue weighted by molar-refractivity contribution is 5.90. The van der Waals surface area contributed by atoms with Gasteiger partial charge in [-0.05, 0) is 50.0 Å². The molecule has 1 fully saturated rings. The van der Waals surface area contributed by atoms with Crippen molar-refractivity contribution in [1.29, 1.82) is 0 Å². The monoisotopic (exact) mass is 454 g/mol. The average Bonchev–Trinajstić information content (AvgIpc) is 3.22. The number of hydrogen-bond donors (Lipinski definition) is 0. The molecule has 1 aliphatic heterocycles. The van der Waals surface area contributed by atoms with Gasteiger partial charge in [0.1, 0.15) is 11.4 Å². The zero-order valence-corrected chi connectivity index (χ0v) is 20.7. The smallest absolute Gasteiger partial charge is 0.337 e. The second kappa shape index (κ2) is 13.0. The van der Waals surface area contributed by atoms with E-state index in [1.165, 1.54) is 57.6 Å². The third-order valence-electron chi connectivity index (χ3n) is 7.36. The van der Waals surface area contributed by atoms with E-state index in [9.17, 15) is 4.79 Å². The van der Waals surface area contributed by atoms with Crippen LogP contribution in [-0.2, 0) is 25.6 Å². The van der Waals surface area contributed by atoms with Crippen molar-refractivity contribution in [3.8, 4) is 0 Å². The molecule has 1 spiro atoms. The van der Waals surface area contributed by atoms with Crippen molar-refractivity contribution >= 4 is 5.97 Å². The van der Waals surface area contributed by atoms with E-state index in [0.29, 0.717) is 31.1 Å². The number of unbranched alkanes of at least 4 members (excludes halogenated alkanes) is 3. The van der Waals surface area contributed by atoms with Crippen LogP contribution in [0.1, 0.15) is 83.1 Å². The van der Waals surface area contributed by atoms with Crippen molar-refractivity contribution in [2.75, 3.05) is 13.7 Å². The molecule has 1 aliphatic carbocycles. The first-order chi connectivity index (χ1) is 16.1. The molecule has 4 heteroatoms. The van der Waals surface area contributed by atoms with Crippen LogP contribution in [0.15, 0.2) is 54.3 Å². The molecule has 2 aliphatic rings. The molecule has 33 heavy (non-hydrogen) atoms. The van der Waals surface area contributed by atoms with Crippen LogP contribution >= 0.6 is 0 Å². The van der Waals surface area contributed by atoms with Gasteiger partial charge < -0.3 is 14.2 Å². The highest BCUT2D eigenvalue weighted by Gasteiger charge is 2.50. The van der Waals surface area contributed by atoms with Gasteiger partial charge in [-0.2, -0.15) is 0 Å². The molecular weight excluding hydrogens is 412 g/mol. The molecule has 0 aromatic heterocycles. The molecule has 0 radical (unpaired) electrons. The van der Waals surface area contributed by atoms with Crippen LogP contribution in [0.4, 0.5) is 0 Å². The number of hydrogen-bond acceptors (Lipinski definition) is 4. The molecule has 1 heterocycles. The number of carbonyl (C=O) groups is 1. The van der Waals surface area contributed by atoms with Gasteiger partial charge in [0, 0.05) is 18.9 Å². The number of allylic oxidation sites excluding steroid dienone is 2. The minimum Gasteiger partial charge on any atom is -0.491 e. The summed E-state index contributed by atoms with van der Waals surface area (Å²) < 4.78 is 17.8. The first-order valence-electron chi connectivity index (χ1n) is 12.9. The average molecular weight is 455 g/mol. The summed E-state index contributed by atoms with van der Waals surface area (Å²) in [7, 11) is 1.45. The molecule has 1 aromatic rings. The fraction of sp³-hybridized carbons (Fsp3) is 0.621. The van der Waals surface area contributed by atoms with Crippen LogP contribution < -0.4 is 0 Å². The largest absolute Gasteiger partial charge is 0.491 e. The van der Waals surface area contributed by atoms with Crippen molar-refractivity contribution in [3.05, 3.63) is 59.9 Å². The molecule has 182 valence electrons. The van der Waals surface area contributed by atoms with E-state index in [4.69, 9.17) is 14.2 Å². The Morgan fingerprint density at radius 3 is 2.76 bits per heavy atom. The minimum atomic E-state index is -0.285. The Kier molecular flexibility index (Phi) is 10.1. The van der Waals surface area contributed by atoms with Gasteiger partial charge in [-0.1, -0.05) is 69.0 Å². The minimum absolute atomic E-state index is 0.0114. The second-order valence-corrected chi connectivity index (χ2v) is 9.62. The maximum atomic E-state index is 12.7. The van der Waals surface area contributed by atoms with Gasteiger partial charge in [0.2, 0.25) is 0 Å². The summed E-state index contributed by atoms with van der Waals surface area (Å²) >= 11 is 0. The van der Waals surface area contributed by atoms with E-state index in [-0.39, 0.29) is 17.5 Å². The van der Waals surface area contributed by atoms with Crippen LogP contribution in [0, 0.1) is 11.8 Å². The number of carbonyl (C=O) groups excluding carboxylic acids is 1. The van der Waals surface area contributed by atoms with Crippen molar-refractivity contribution < 1.29 is 19.0 Å². The summed E-state index contributed by atoms with van der Waals surface area (Å²) in [5.41, 5.74) is 1.67. The third kappa shape index (κ3) is 6.72. The number of benzene rings is 1. The van der Waals surface area contributed by atoms with Crippen molar-refractivity contribution in [2.45, 2.75) is 89.8 Å². The number of methoxy groups -OCH3 is 1. The summed E-state index contributed by atoms with van der Waals surface area (Å²) in [5.74, 6) is 1.07. The van der Waals surface area contributed by atoms with E-state index >= 15 is 0 Å². The number of rotatable bonds is 13. The number of esters is 1. The van der Waals surface area contributed by atoms with Gasteiger partial charge in [-0.3, -0.25) is 0 Å². The molecule has 4 nitrogen and oxygen atoms in total. The van der Waals surface area contributed by atoms with Gasteiger partial charge in [-0.15, -0.1) is 6.58 Å². The molecule has 0 saturated heterocycles. The lowest BCUT2D eigenvalue weighted by Crippen LogP contribution is -2.43. The molecule has 3 atom stereocenters. The van der Waals surface area contributed by atoms with Gasteiger partial charge in [-0.25, -0.2) is 4.79 Å². The maximum absolute atomic E-state index is 12.7. The Morgan fingerprint density at radius 2 is 2.03 bits per heavy atom. The van der Waals surface area contributed by atoms with Crippen LogP contribution in [0.2, 0.25) is 0 Å². The van der Waals surface area contributed by atoms with Crippen LogP contribution in [0.25, 0.3) is 0 Å². The van der Waals surface area contributed by atoms with Crippen LogP contribution in [0.5, 0.6) is 0 Å². The highest BCUT2D eigenvalue weighted by atomic mass is 16.5. The molecular formula is C29H42O4. The van der Waals surface area contributed by atoms with Gasteiger partial charge in [0.15, 0.2) is 0 Å². The van der Waals surface area contributed by atoms with Gasteiger partial charge in [0.05, 0.1) is 19.3 Å². The molecule has 1 saturated carbocycles. The van der Waals surface area contributed by atoms with Crippen molar-refractivity contribution in [1.82, 2.24) is 0 Å². The topological polar surface area (TPSA) is 44.8 Å². The number of ether oxygens (including phenoxy) is 3. The fourth-order valence-electron chi connectivity index (χ4n) is 5.63. The first kappa shape index (κ1) is 25.6. The maximum Gasteiger partial charge on any atom is 0.337 e. The molecule has 3 rings (SSSR count). The van der Waals surface area contributed by atoms with Gasteiger partial charge in [0.25, 0.3) is 0 Å². The van der Waals surface area contributed by atoms with Gasteiger partial charge >= 0.3 is 5.97 Å². The fourth-order valence-corrected chi connectivity index (χ4v) is 5.63. The Labute approximate surface area is 200 Å². The van der Waals surface area contributed by atoms with Crippen LogP contribution in [-0.4, -0.2) is 25.3 Å². The zero-order valence-electron chi connectivity index (χ0n) is 20.7. The quantitative estimate of drug-likeness (QED) is 0.180. The summed E-state index contributed by atoms with van der Waals surface area (Å²) in [6, 6.07) is 10.2. The Hall–Kier alpha value is -2.07. The Bertz CT molecular complexity index is 784. The Morgan fingerprint density at radius 1 is 1.21 bits per heavy atom. The van der Waals surface area contributed by atoms with E-state index < -0.39 is 0 Å². The predicted molar refractivity (Wildman–Crippen MR) is 133 cm³/mol. The SMILES string of the molecule is C=CC1C[C@@]2(CCC[C@@H]2CCCCCC)OC(CCCOCc2ccccc2)=C1C(=O)OC. The summed E-state index contributed by atoms with van der Waals surface area (Å²) in [5, 5.41) is 0. The predicted octanol–water partition coefficient (Wildman–Crippen LogP) is 7.14. The molecule has 0 amide bonds. The lowest BCUT2D eigenvalue weighted by Gasteiger charge is -2.44. The van der Waals surface area contributed by atoms with E-state index in [2.05, 4.69) is 25.6 Å².